The van der Waals surface area contributed by atoms with Gasteiger partial charge in [-0.3, -0.25) is 8.98 Å². The average Bonchev–Trinajstić information content (AvgIpc) is 3.09. The topological polar surface area (TPSA) is 224 Å². The van der Waals surface area contributed by atoms with Gasteiger partial charge >= 0.3 is 59.1 Å². The number of methoxy groups -OCH3 is 1. The molecule has 0 spiro atoms. The molecule has 0 aromatic heterocycles. The van der Waals surface area contributed by atoms with E-state index in [1.165, 1.54) is 39.2 Å². The summed E-state index contributed by atoms with van der Waals surface area (Å²) >= 11 is 0. The fourth-order valence-electron chi connectivity index (χ4n) is 3.35. The molecule has 206 valence electrons. The number of nitrogens with zero attached hydrogens (tertiary/aromatic N) is 4. The molecule has 0 bridgehead atoms. The summed E-state index contributed by atoms with van der Waals surface area (Å²) in [6, 6.07) is 5.98. The van der Waals surface area contributed by atoms with E-state index in [0.29, 0.717) is 0 Å². The number of hydrogen-bond acceptors (Lipinski definition) is 14. The Labute approximate surface area is 275 Å². The first-order valence-electron chi connectivity index (χ1n) is 10.4. The van der Waals surface area contributed by atoms with E-state index < -0.39 is 59.6 Å². The summed E-state index contributed by atoms with van der Waals surface area (Å²) in [7, 11) is -12.7. The molecule has 0 saturated heterocycles. The van der Waals surface area contributed by atoms with Gasteiger partial charge < -0.3 is 13.8 Å². The first-order valence-corrected chi connectivity index (χ1v) is 14.8. The molecule has 0 saturated carbocycles. The van der Waals surface area contributed by atoms with Crippen LogP contribution in [0.2, 0.25) is 0 Å². The van der Waals surface area contributed by atoms with Crippen LogP contribution >= 0.6 is 0 Å². The van der Waals surface area contributed by atoms with Crippen LogP contribution < -0.4 is 68.9 Å². The number of ether oxygens (including phenoxy) is 1. The van der Waals surface area contributed by atoms with Gasteiger partial charge in [0.1, 0.15) is 21.6 Å². The van der Waals surface area contributed by atoms with Crippen LogP contribution in [0.4, 0.5) is 11.4 Å². The summed E-state index contributed by atoms with van der Waals surface area (Å²) in [6.45, 7) is 2.04. The molecule has 0 radical (unpaired) electrons. The maximum absolute atomic E-state index is 12.9. The van der Waals surface area contributed by atoms with E-state index in [0.717, 1.165) is 23.2 Å². The van der Waals surface area contributed by atoms with E-state index >= 15 is 0 Å². The summed E-state index contributed by atoms with van der Waals surface area (Å²) in [5, 5.41) is 13.0. The molecule has 1 atom stereocenters. The van der Waals surface area contributed by atoms with Crippen LogP contribution in [0.5, 0.6) is 5.75 Å². The monoisotopic (exact) mass is 634 g/mol. The molecule has 0 fully saturated rings. The van der Waals surface area contributed by atoms with Crippen molar-refractivity contribution >= 4 is 53.3 Å². The molecule has 1 aliphatic heterocycles. The molecular formula is C20H20N4Na2O11S3. The molecule has 0 N–H and O–H groups in total. The standard InChI is InChI=1S/C20H22N4O11S3.2Na/c1-12-9-16(17(34-3)11-18(12)36(26,27)8-7-35-38(31,32)33)21-22-19-13(2)23-24(20(19)25)14-5-4-6-15(10-14)37(28,29)30;;/h4-6,9-11,19H,7-8H2,1-3H3,(H,28,29,30)(H,31,32,33);;/q;2*+1/p-2. The number of azo groups is 1. The third-order valence-corrected chi connectivity index (χ3v) is 8.22. The van der Waals surface area contributed by atoms with Gasteiger partial charge in [0.2, 0.25) is 10.4 Å². The van der Waals surface area contributed by atoms with E-state index in [1.807, 2.05) is 0 Å². The van der Waals surface area contributed by atoms with Crippen LogP contribution in [0.3, 0.4) is 0 Å². The van der Waals surface area contributed by atoms with Crippen LogP contribution in [0.25, 0.3) is 0 Å². The number of sulfone groups is 1. The van der Waals surface area contributed by atoms with Crippen molar-refractivity contribution in [1.29, 1.82) is 0 Å². The largest absolute Gasteiger partial charge is 1.00 e. The molecule has 1 unspecified atom stereocenters. The van der Waals surface area contributed by atoms with Gasteiger partial charge in [-0.15, -0.1) is 0 Å². The van der Waals surface area contributed by atoms with Crippen LogP contribution in [0.1, 0.15) is 12.5 Å². The number of anilines is 1. The molecular weight excluding hydrogens is 614 g/mol. The number of hydrazone groups is 1. The van der Waals surface area contributed by atoms with Crippen LogP contribution in [-0.2, 0) is 39.3 Å². The minimum absolute atomic E-state index is 0. The maximum Gasteiger partial charge on any atom is 1.00 e. The molecule has 3 rings (SSSR count). The van der Waals surface area contributed by atoms with Gasteiger partial charge in [0.05, 0.1) is 40.7 Å². The van der Waals surface area contributed by atoms with Gasteiger partial charge in [0.15, 0.2) is 15.9 Å². The van der Waals surface area contributed by atoms with Crippen LogP contribution in [-0.4, -0.2) is 71.5 Å². The van der Waals surface area contributed by atoms with Crippen LogP contribution in [0, 0.1) is 6.92 Å². The van der Waals surface area contributed by atoms with Gasteiger partial charge in [0.25, 0.3) is 5.91 Å². The van der Waals surface area contributed by atoms with Crippen molar-refractivity contribution in [2.75, 3.05) is 24.5 Å². The summed E-state index contributed by atoms with van der Waals surface area (Å²) in [4.78, 5) is 12.1. The van der Waals surface area contributed by atoms with Crippen molar-refractivity contribution in [3.8, 4) is 5.75 Å². The number of carbonyl (C=O) groups excluding carboxylic acids is 1. The number of amides is 1. The van der Waals surface area contributed by atoms with Gasteiger partial charge in [-0.05, 0) is 43.7 Å². The zero-order valence-electron chi connectivity index (χ0n) is 22.0. The Morgan fingerprint density at radius 2 is 1.68 bits per heavy atom. The first kappa shape index (κ1) is 36.7. The molecule has 40 heavy (non-hydrogen) atoms. The van der Waals surface area contributed by atoms with E-state index in [2.05, 4.69) is 19.5 Å². The molecule has 2 aromatic carbocycles. The number of carbonyl (C=O) groups is 1. The minimum atomic E-state index is -5.06. The van der Waals surface area contributed by atoms with Gasteiger partial charge in [-0.2, -0.15) is 20.3 Å². The average molecular weight is 635 g/mol. The SMILES string of the molecule is COc1cc(S(=O)(=O)CCOS(=O)(=O)[O-])c(C)cc1N=NC1C(=O)N(c2cccc(S(=O)(=O)[O-])c2)N=C1C.[Na+].[Na+]. The van der Waals surface area contributed by atoms with Gasteiger partial charge in [0, 0.05) is 6.07 Å². The molecule has 15 nitrogen and oxygen atoms in total. The molecule has 0 aliphatic carbocycles. The second kappa shape index (κ2) is 14.3. The van der Waals surface area contributed by atoms with Crippen LogP contribution in [0.15, 0.2) is 61.5 Å². The maximum atomic E-state index is 12.9. The Hall–Kier alpha value is -1.29. The van der Waals surface area contributed by atoms with Gasteiger partial charge in [-0.25, -0.2) is 25.3 Å². The Morgan fingerprint density at radius 1 is 1.02 bits per heavy atom. The zero-order chi connectivity index (χ0) is 28.5. The number of aryl methyl sites for hydroxylation is 1. The molecule has 1 amide bonds. The smallest absolute Gasteiger partial charge is 0.744 e. The predicted molar refractivity (Wildman–Crippen MR) is 129 cm³/mol. The zero-order valence-corrected chi connectivity index (χ0v) is 28.4. The van der Waals surface area contributed by atoms with E-state index in [4.69, 9.17) is 4.74 Å². The van der Waals surface area contributed by atoms with E-state index in [1.54, 1.807) is 0 Å². The van der Waals surface area contributed by atoms with E-state index in [9.17, 15) is 39.2 Å². The Bertz CT molecular complexity index is 1660. The van der Waals surface area contributed by atoms with Crippen molar-refractivity contribution in [3.63, 3.8) is 0 Å². The Morgan fingerprint density at radius 3 is 2.25 bits per heavy atom. The van der Waals surface area contributed by atoms with Crippen molar-refractivity contribution in [3.05, 3.63) is 42.0 Å². The predicted octanol–water partition coefficient (Wildman–Crippen LogP) is -4.96. The molecule has 1 heterocycles. The summed E-state index contributed by atoms with van der Waals surface area (Å²) in [5.41, 5.74) is 0.476. The molecule has 2 aromatic rings. The van der Waals surface area contributed by atoms with Crippen molar-refractivity contribution in [1.82, 2.24) is 0 Å². The quantitative estimate of drug-likeness (QED) is 0.104. The molecule has 20 heteroatoms. The summed E-state index contributed by atoms with van der Waals surface area (Å²) in [6.07, 6.45) is 0. The number of hydrogen-bond donors (Lipinski definition) is 0. The van der Waals surface area contributed by atoms with Crippen molar-refractivity contribution in [2.24, 2.45) is 15.3 Å². The Kier molecular flexibility index (Phi) is 13.1. The van der Waals surface area contributed by atoms with Gasteiger partial charge in [-0.1, -0.05) is 6.07 Å². The second-order valence-corrected chi connectivity index (χ2v) is 12.3. The normalized spacial score (nSPS) is 15.9. The fourth-order valence-corrected chi connectivity index (χ4v) is 5.61. The van der Waals surface area contributed by atoms with Crippen molar-refractivity contribution in [2.45, 2.75) is 29.7 Å². The van der Waals surface area contributed by atoms with E-state index in [-0.39, 0.29) is 92.4 Å². The number of rotatable bonds is 10. The van der Waals surface area contributed by atoms with Crippen molar-refractivity contribution < 1.29 is 107 Å². The first-order chi connectivity index (χ1) is 17.5. The minimum Gasteiger partial charge on any atom is -0.744 e. The summed E-state index contributed by atoms with van der Waals surface area (Å²) < 4.78 is 100. The third-order valence-electron chi connectivity index (χ3n) is 5.12. The Balaban J connectivity index is 0.00000400. The summed E-state index contributed by atoms with van der Waals surface area (Å²) in [5.74, 6) is -1.52. The third kappa shape index (κ3) is 9.10. The second-order valence-electron chi connectivity index (χ2n) is 7.80. The molecule has 1 aliphatic rings. The number of benzene rings is 2. The fraction of sp³-hybridized carbons (Fsp3) is 0.300.